The molecule has 8 heteroatoms. The van der Waals surface area contributed by atoms with Gasteiger partial charge in [0, 0.05) is 30.8 Å². The summed E-state index contributed by atoms with van der Waals surface area (Å²) in [6.45, 7) is 6.10. The zero-order valence-electron chi connectivity index (χ0n) is 18.2. The Kier molecular flexibility index (Phi) is 5.28. The Labute approximate surface area is 185 Å². The lowest BCUT2D eigenvalue weighted by molar-refractivity contribution is 0.0650. The number of fused-ring (bicyclic) bond motifs is 2. The number of piperidine rings is 1. The number of benzene rings is 1. The summed E-state index contributed by atoms with van der Waals surface area (Å²) in [4.78, 5) is 32.2. The highest BCUT2D eigenvalue weighted by Crippen LogP contribution is 2.33. The molecule has 1 saturated heterocycles. The Hall–Kier alpha value is -3.42. The summed E-state index contributed by atoms with van der Waals surface area (Å²) in [6, 6.07) is 7.16. The molecule has 0 N–H and O–H groups in total. The molecule has 0 saturated carbocycles. The Balaban J connectivity index is 1.26. The van der Waals surface area contributed by atoms with Gasteiger partial charge in [0.2, 0.25) is 0 Å². The molecule has 2 aliphatic heterocycles. The van der Waals surface area contributed by atoms with Crippen molar-refractivity contribution in [1.29, 1.82) is 0 Å². The molecule has 1 fully saturated rings. The Morgan fingerprint density at radius 2 is 1.78 bits per heavy atom. The number of hydrogen-bond acceptors (Lipinski definition) is 7. The molecular weight excluding hydrogens is 410 g/mol. The monoisotopic (exact) mass is 435 g/mol. The summed E-state index contributed by atoms with van der Waals surface area (Å²) in [5, 5.41) is 4.85. The van der Waals surface area contributed by atoms with Gasteiger partial charge in [-0.15, -0.1) is 0 Å². The van der Waals surface area contributed by atoms with Gasteiger partial charge >= 0.3 is 0 Å². The second-order valence-electron chi connectivity index (χ2n) is 8.59. The standard InChI is InChI=1S/C24H25N3O5/c1-14(2)21-18-11-17(13-25-23(18)32-26-21)24(29)27-7-5-15(6-8-27)22(28)16-3-4-19-20(12-16)31-10-9-30-19/h3-4,11-15H,5-10H2,1-2H3. The van der Waals surface area contributed by atoms with Gasteiger partial charge in [0.05, 0.1) is 16.6 Å². The fourth-order valence-corrected chi connectivity index (χ4v) is 4.34. The van der Waals surface area contributed by atoms with Crippen LogP contribution in [0.1, 0.15) is 59.0 Å². The van der Waals surface area contributed by atoms with Crippen molar-refractivity contribution in [2.45, 2.75) is 32.6 Å². The van der Waals surface area contributed by atoms with Gasteiger partial charge in [-0.3, -0.25) is 9.59 Å². The number of hydrogen-bond donors (Lipinski definition) is 0. The second-order valence-corrected chi connectivity index (χ2v) is 8.59. The molecule has 8 nitrogen and oxygen atoms in total. The van der Waals surface area contributed by atoms with Crippen LogP contribution in [0.4, 0.5) is 0 Å². The quantitative estimate of drug-likeness (QED) is 0.575. The predicted octanol–water partition coefficient (Wildman–Crippen LogP) is 3.85. The topological polar surface area (TPSA) is 94.8 Å². The number of carbonyl (C=O) groups excluding carboxylic acids is 2. The maximum atomic E-state index is 13.1. The molecule has 0 atom stereocenters. The van der Waals surface area contributed by atoms with E-state index in [-0.39, 0.29) is 23.5 Å². The first-order chi connectivity index (χ1) is 15.5. The van der Waals surface area contributed by atoms with E-state index in [1.54, 1.807) is 23.1 Å². The first-order valence-electron chi connectivity index (χ1n) is 11.0. The third-order valence-electron chi connectivity index (χ3n) is 6.13. The van der Waals surface area contributed by atoms with Crippen molar-refractivity contribution in [1.82, 2.24) is 15.0 Å². The van der Waals surface area contributed by atoms with Gasteiger partial charge in [0.15, 0.2) is 17.3 Å². The van der Waals surface area contributed by atoms with Crippen LogP contribution in [-0.2, 0) is 0 Å². The molecule has 0 unspecified atom stereocenters. The van der Waals surface area contributed by atoms with Crippen LogP contribution in [0.3, 0.4) is 0 Å². The van der Waals surface area contributed by atoms with E-state index in [1.807, 2.05) is 19.9 Å². The van der Waals surface area contributed by atoms with Crippen LogP contribution in [0.2, 0.25) is 0 Å². The van der Waals surface area contributed by atoms with Crippen molar-refractivity contribution < 1.29 is 23.6 Å². The lowest BCUT2D eigenvalue weighted by Crippen LogP contribution is -2.40. The number of rotatable bonds is 4. The van der Waals surface area contributed by atoms with Crippen molar-refractivity contribution >= 4 is 22.8 Å². The summed E-state index contributed by atoms with van der Waals surface area (Å²) in [5.41, 5.74) is 2.38. The fourth-order valence-electron chi connectivity index (χ4n) is 4.34. The van der Waals surface area contributed by atoms with Crippen LogP contribution in [0.5, 0.6) is 11.5 Å². The molecule has 0 bridgehead atoms. The van der Waals surface area contributed by atoms with Crippen LogP contribution >= 0.6 is 0 Å². The summed E-state index contributed by atoms with van der Waals surface area (Å²) in [6.07, 6.45) is 2.78. The summed E-state index contributed by atoms with van der Waals surface area (Å²) < 4.78 is 16.4. The first kappa shape index (κ1) is 20.5. The molecule has 32 heavy (non-hydrogen) atoms. The van der Waals surface area contributed by atoms with Crippen molar-refractivity contribution in [3.8, 4) is 11.5 Å². The highest BCUT2D eigenvalue weighted by Gasteiger charge is 2.29. The molecule has 1 aromatic carbocycles. The van der Waals surface area contributed by atoms with Crippen molar-refractivity contribution in [2.75, 3.05) is 26.3 Å². The Bertz CT molecular complexity index is 1180. The average Bonchev–Trinajstić information content (AvgIpc) is 3.26. The van der Waals surface area contributed by atoms with Crippen LogP contribution in [-0.4, -0.2) is 53.0 Å². The molecule has 0 aliphatic carbocycles. The summed E-state index contributed by atoms with van der Waals surface area (Å²) >= 11 is 0. The highest BCUT2D eigenvalue weighted by molar-refractivity contribution is 5.99. The molecule has 3 aromatic rings. The van der Waals surface area contributed by atoms with E-state index in [1.165, 1.54) is 6.20 Å². The van der Waals surface area contributed by atoms with E-state index in [0.717, 1.165) is 11.1 Å². The molecule has 4 heterocycles. The first-order valence-corrected chi connectivity index (χ1v) is 11.0. The van der Waals surface area contributed by atoms with Crippen LogP contribution in [0, 0.1) is 5.92 Å². The minimum absolute atomic E-state index is 0.0828. The van der Waals surface area contributed by atoms with Crippen molar-refractivity contribution in [2.24, 2.45) is 5.92 Å². The number of ketones is 1. The molecule has 2 aromatic heterocycles. The Morgan fingerprint density at radius 1 is 1.03 bits per heavy atom. The van der Waals surface area contributed by atoms with Crippen LogP contribution < -0.4 is 9.47 Å². The summed E-state index contributed by atoms with van der Waals surface area (Å²) in [5.74, 6) is 1.35. The lowest BCUT2D eigenvalue weighted by atomic mass is 9.88. The molecule has 2 aliphatic rings. The van der Waals surface area contributed by atoms with Crippen molar-refractivity contribution in [3.63, 3.8) is 0 Å². The largest absolute Gasteiger partial charge is 0.486 e. The second kappa shape index (κ2) is 8.26. The van der Waals surface area contributed by atoms with Crippen LogP contribution in [0.25, 0.3) is 11.1 Å². The van der Waals surface area contributed by atoms with E-state index in [0.29, 0.717) is 67.5 Å². The van der Waals surface area contributed by atoms with E-state index in [2.05, 4.69) is 10.1 Å². The zero-order valence-corrected chi connectivity index (χ0v) is 18.2. The van der Waals surface area contributed by atoms with Crippen LogP contribution in [0.15, 0.2) is 35.0 Å². The highest BCUT2D eigenvalue weighted by atomic mass is 16.6. The molecule has 166 valence electrons. The van der Waals surface area contributed by atoms with Gasteiger partial charge in [-0.2, -0.15) is 0 Å². The smallest absolute Gasteiger partial charge is 0.257 e. The number of likely N-dealkylation sites (tertiary alicyclic amines) is 1. The third kappa shape index (κ3) is 3.70. The minimum Gasteiger partial charge on any atom is -0.486 e. The maximum Gasteiger partial charge on any atom is 0.257 e. The molecule has 5 rings (SSSR count). The maximum absolute atomic E-state index is 13.1. The van der Waals surface area contributed by atoms with Gasteiger partial charge in [0.25, 0.3) is 11.6 Å². The number of Topliss-reactive ketones (excluding diaryl/α,β-unsaturated/α-hetero) is 1. The van der Waals surface area contributed by atoms with Gasteiger partial charge in [-0.1, -0.05) is 19.0 Å². The average molecular weight is 435 g/mol. The Morgan fingerprint density at radius 3 is 2.53 bits per heavy atom. The lowest BCUT2D eigenvalue weighted by Gasteiger charge is -2.31. The minimum atomic E-state index is -0.118. The van der Waals surface area contributed by atoms with Gasteiger partial charge in [-0.05, 0) is 43.0 Å². The molecule has 0 spiro atoms. The van der Waals surface area contributed by atoms with Crippen molar-refractivity contribution in [3.05, 3.63) is 47.3 Å². The number of carbonyl (C=O) groups is 2. The number of aromatic nitrogens is 2. The molecular formula is C24H25N3O5. The fraction of sp³-hybridized carbons (Fsp3) is 0.417. The number of amides is 1. The number of nitrogens with zero attached hydrogens (tertiary/aromatic N) is 3. The number of ether oxygens (including phenoxy) is 2. The van der Waals surface area contributed by atoms with E-state index in [9.17, 15) is 9.59 Å². The third-order valence-corrected chi connectivity index (χ3v) is 6.13. The van der Waals surface area contributed by atoms with E-state index < -0.39 is 0 Å². The SMILES string of the molecule is CC(C)c1noc2ncc(C(=O)N3CCC(C(=O)c4ccc5c(c4)OCCO5)CC3)cc12. The van der Waals surface area contributed by atoms with Gasteiger partial charge < -0.3 is 18.9 Å². The van der Waals surface area contributed by atoms with E-state index in [4.69, 9.17) is 14.0 Å². The normalized spacial score (nSPS) is 16.5. The molecule has 1 amide bonds. The zero-order chi connectivity index (χ0) is 22.2. The number of pyridine rings is 1. The summed E-state index contributed by atoms with van der Waals surface area (Å²) in [7, 11) is 0. The predicted molar refractivity (Wildman–Crippen MR) is 116 cm³/mol. The van der Waals surface area contributed by atoms with Gasteiger partial charge in [0.1, 0.15) is 13.2 Å². The molecule has 0 radical (unpaired) electrons. The van der Waals surface area contributed by atoms with E-state index >= 15 is 0 Å². The van der Waals surface area contributed by atoms with Gasteiger partial charge in [-0.25, -0.2) is 4.98 Å².